The maximum Gasteiger partial charge on any atom is 0.354 e. The van der Waals surface area contributed by atoms with Crippen LogP contribution in [-0.2, 0) is 6.42 Å². The first kappa shape index (κ1) is 10.9. The summed E-state index contributed by atoms with van der Waals surface area (Å²) in [5.74, 6) is -1.06. The molecule has 0 bridgehead atoms. The molecule has 1 aromatic carbocycles. The third-order valence-electron chi connectivity index (χ3n) is 2.24. The molecule has 0 aliphatic rings. The van der Waals surface area contributed by atoms with Gasteiger partial charge in [0.25, 0.3) is 0 Å². The minimum atomic E-state index is -1.06. The third-order valence-corrected chi connectivity index (χ3v) is 2.24. The van der Waals surface area contributed by atoms with E-state index in [9.17, 15) is 4.79 Å². The van der Waals surface area contributed by atoms with Crippen LogP contribution in [0.1, 0.15) is 16.2 Å². The first-order valence-corrected chi connectivity index (χ1v) is 4.97. The summed E-state index contributed by atoms with van der Waals surface area (Å²) in [5, 5.41) is 21.8. The Kier molecular flexibility index (Phi) is 2.88. The fourth-order valence-electron chi connectivity index (χ4n) is 1.52. The monoisotopic (exact) mass is 227 g/mol. The minimum absolute atomic E-state index is 0.0569. The van der Waals surface area contributed by atoms with Crippen molar-refractivity contribution in [2.24, 2.45) is 0 Å². The molecule has 1 heterocycles. The van der Waals surface area contributed by atoms with Gasteiger partial charge < -0.3 is 5.11 Å². The van der Waals surface area contributed by atoms with Crippen LogP contribution in [0, 0.1) is 11.3 Å². The van der Waals surface area contributed by atoms with E-state index in [2.05, 4.69) is 5.10 Å². The Hall–Kier alpha value is -2.61. The summed E-state index contributed by atoms with van der Waals surface area (Å²) in [6.07, 6.45) is 0.0973. The average Bonchev–Trinajstić information content (AvgIpc) is 2.75. The summed E-state index contributed by atoms with van der Waals surface area (Å²) in [7, 11) is 0. The van der Waals surface area contributed by atoms with Crippen molar-refractivity contribution in [3.05, 3.63) is 47.8 Å². The Labute approximate surface area is 97.5 Å². The van der Waals surface area contributed by atoms with Crippen molar-refractivity contribution >= 4 is 5.97 Å². The molecule has 0 amide bonds. The SMILES string of the molecule is N#CCc1cc(C(=O)O)n(-c2ccccc2)n1. The van der Waals surface area contributed by atoms with E-state index in [1.54, 1.807) is 24.3 Å². The molecule has 2 rings (SSSR count). The molecule has 0 saturated heterocycles. The summed E-state index contributed by atoms with van der Waals surface area (Å²) in [5.41, 5.74) is 1.17. The summed E-state index contributed by atoms with van der Waals surface area (Å²) in [6, 6.07) is 12.3. The quantitative estimate of drug-likeness (QED) is 0.864. The molecule has 5 heteroatoms. The van der Waals surface area contributed by atoms with Crippen molar-refractivity contribution in [1.82, 2.24) is 9.78 Å². The van der Waals surface area contributed by atoms with Crippen molar-refractivity contribution in [3.8, 4) is 11.8 Å². The number of aromatic carboxylic acids is 1. The number of carbonyl (C=O) groups is 1. The molecular weight excluding hydrogens is 218 g/mol. The van der Waals surface area contributed by atoms with E-state index in [-0.39, 0.29) is 12.1 Å². The zero-order valence-electron chi connectivity index (χ0n) is 8.87. The lowest BCUT2D eigenvalue weighted by atomic mass is 10.3. The van der Waals surface area contributed by atoms with Crippen molar-refractivity contribution in [3.63, 3.8) is 0 Å². The number of aromatic nitrogens is 2. The second-order valence-corrected chi connectivity index (χ2v) is 3.41. The van der Waals surface area contributed by atoms with Gasteiger partial charge in [-0.3, -0.25) is 0 Å². The van der Waals surface area contributed by atoms with Crippen LogP contribution in [0.15, 0.2) is 36.4 Å². The van der Waals surface area contributed by atoms with Gasteiger partial charge in [0.05, 0.1) is 23.9 Å². The van der Waals surface area contributed by atoms with Crippen molar-refractivity contribution < 1.29 is 9.90 Å². The zero-order valence-corrected chi connectivity index (χ0v) is 8.87. The van der Waals surface area contributed by atoms with Crippen molar-refractivity contribution in [2.45, 2.75) is 6.42 Å². The Bertz CT molecular complexity index is 582. The van der Waals surface area contributed by atoms with Crippen LogP contribution in [0.5, 0.6) is 0 Å². The number of carboxylic acids is 1. The molecular formula is C12H9N3O2. The van der Waals surface area contributed by atoms with E-state index >= 15 is 0 Å². The predicted molar refractivity (Wildman–Crippen MR) is 59.8 cm³/mol. The summed E-state index contributed by atoms with van der Waals surface area (Å²) < 4.78 is 1.33. The van der Waals surface area contributed by atoms with E-state index in [4.69, 9.17) is 10.4 Å². The molecule has 2 aromatic rings. The summed E-state index contributed by atoms with van der Waals surface area (Å²) in [4.78, 5) is 11.1. The number of para-hydroxylation sites is 1. The van der Waals surface area contributed by atoms with E-state index < -0.39 is 5.97 Å². The molecule has 0 fully saturated rings. The molecule has 0 aliphatic carbocycles. The second-order valence-electron chi connectivity index (χ2n) is 3.41. The highest BCUT2D eigenvalue weighted by molar-refractivity contribution is 5.86. The Balaban J connectivity index is 2.53. The fourth-order valence-corrected chi connectivity index (χ4v) is 1.52. The van der Waals surface area contributed by atoms with Gasteiger partial charge in [0.15, 0.2) is 5.69 Å². The van der Waals surface area contributed by atoms with Gasteiger partial charge in [-0.05, 0) is 18.2 Å². The number of rotatable bonds is 3. The highest BCUT2D eigenvalue weighted by atomic mass is 16.4. The standard InChI is InChI=1S/C12H9N3O2/c13-7-6-9-8-11(12(16)17)15(14-9)10-4-2-1-3-5-10/h1-5,8H,6H2,(H,16,17). The molecule has 17 heavy (non-hydrogen) atoms. The second kappa shape index (κ2) is 4.49. The van der Waals surface area contributed by atoms with Crippen LogP contribution in [0.25, 0.3) is 5.69 Å². The molecule has 0 spiro atoms. The Morgan fingerprint density at radius 2 is 2.12 bits per heavy atom. The molecule has 84 valence electrons. The third kappa shape index (κ3) is 2.16. The fraction of sp³-hybridized carbons (Fsp3) is 0.0833. The van der Waals surface area contributed by atoms with E-state index in [1.165, 1.54) is 10.7 Å². The average molecular weight is 227 g/mol. The normalized spacial score (nSPS) is 9.82. The highest BCUT2D eigenvalue weighted by Crippen LogP contribution is 2.12. The number of nitrogens with zero attached hydrogens (tertiary/aromatic N) is 3. The van der Waals surface area contributed by atoms with Gasteiger partial charge >= 0.3 is 5.97 Å². The van der Waals surface area contributed by atoms with Crippen molar-refractivity contribution in [1.29, 1.82) is 5.26 Å². The van der Waals surface area contributed by atoms with Gasteiger partial charge in [-0.1, -0.05) is 18.2 Å². The van der Waals surface area contributed by atoms with Gasteiger partial charge in [0, 0.05) is 0 Å². The summed E-state index contributed by atoms with van der Waals surface area (Å²) in [6.45, 7) is 0. The molecule has 0 unspecified atom stereocenters. The van der Waals surface area contributed by atoms with Crippen LogP contribution < -0.4 is 0 Å². The molecule has 0 radical (unpaired) electrons. The van der Waals surface area contributed by atoms with Crippen LogP contribution in [0.2, 0.25) is 0 Å². The minimum Gasteiger partial charge on any atom is -0.477 e. The lowest BCUT2D eigenvalue weighted by molar-refractivity contribution is 0.0687. The first-order valence-electron chi connectivity index (χ1n) is 4.97. The van der Waals surface area contributed by atoms with E-state index in [0.29, 0.717) is 11.4 Å². The topological polar surface area (TPSA) is 78.9 Å². The Morgan fingerprint density at radius 3 is 2.71 bits per heavy atom. The molecule has 0 atom stereocenters. The maximum atomic E-state index is 11.1. The maximum absolute atomic E-state index is 11.1. The predicted octanol–water partition coefficient (Wildman–Crippen LogP) is 1.64. The molecule has 5 nitrogen and oxygen atoms in total. The van der Waals surface area contributed by atoms with E-state index in [1.807, 2.05) is 12.1 Å². The van der Waals surface area contributed by atoms with Crippen LogP contribution in [-0.4, -0.2) is 20.9 Å². The van der Waals surface area contributed by atoms with Gasteiger partial charge in [0.1, 0.15) is 0 Å². The largest absolute Gasteiger partial charge is 0.477 e. The highest BCUT2D eigenvalue weighted by Gasteiger charge is 2.15. The first-order chi connectivity index (χ1) is 8.22. The number of hydrogen-bond acceptors (Lipinski definition) is 3. The molecule has 0 saturated carbocycles. The van der Waals surface area contributed by atoms with Gasteiger partial charge in [-0.25, -0.2) is 9.48 Å². The zero-order chi connectivity index (χ0) is 12.3. The number of nitriles is 1. The summed E-state index contributed by atoms with van der Waals surface area (Å²) >= 11 is 0. The Morgan fingerprint density at radius 1 is 1.41 bits per heavy atom. The number of benzene rings is 1. The van der Waals surface area contributed by atoms with Crippen LogP contribution in [0.4, 0.5) is 0 Å². The molecule has 0 aliphatic heterocycles. The van der Waals surface area contributed by atoms with Gasteiger partial charge in [-0.15, -0.1) is 0 Å². The molecule has 1 N–H and O–H groups in total. The van der Waals surface area contributed by atoms with E-state index in [0.717, 1.165) is 0 Å². The van der Waals surface area contributed by atoms with Crippen LogP contribution in [0.3, 0.4) is 0 Å². The molecule has 1 aromatic heterocycles. The number of hydrogen-bond donors (Lipinski definition) is 1. The lowest BCUT2D eigenvalue weighted by Crippen LogP contribution is -2.07. The van der Waals surface area contributed by atoms with Gasteiger partial charge in [-0.2, -0.15) is 10.4 Å². The van der Waals surface area contributed by atoms with Crippen molar-refractivity contribution in [2.75, 3.05) is 0 Å². The van der Waals surface area contributed by atoms with Crippen LogP contribution >= 0.6 is 0 Å². The smallest absolute Gasteiger partial charge is 0.354 e. The number of carboxylic acid groups (broad SMARTS) is 1. The lowest BCUT2D eigenvalue weighted by Gasteiger charge is -2.03. The van der Waals surface area contributed by atoms with Gasteiger partial charge in [0.2, 0.25) is 0 Å².